The lowest BCUT2D eigenvalue weighted by molar-refractivity contribution is -0.142. The standard InChI is InChI=1S/C22H33NO3/c1-15(2)23-22(26-14-24)21(25)18-11-12-19(16-7-3-4-8-16)20(13-18)17-9-5-6-10-17/h11-17,21-23,25H,3-10H2,1-2H3. The Bertz CT molecular complexity index is 589. The monoisotopic (exact) mass is 359 g/mol. The number of aliphatic hydroxyl groups is 1. The second kappa shape index (κ2) is 9.01. The molecule has 4 heteroatoms. The van der Waals surface area contributed by atoms with Crippen LogP contribution in [0.5, 0.6) is 0 Å². The van der Waals surface area contributed by atoms with Gasteiger partial charge in [0, 0.05) is 6.04 Å². The van der Waals surface area contributed by atoms with Crippen LogP contribution in [0.25, 0.3) is 0 Å². The third kappa shape index (κ3) is 4.47. The topological polar surface area (TPSA) is 58.6 Å². The fourth-order valence-electron chi connectivity index (χ4n) is 4.74. The molecule has 2 N–H and O–H groups in total. The molecule has 2 aliphatic rings. The van der Waals surface area contributed by atoms with Crippen molar-refractivity contribution in [1.82, 2.24) is 5.32 Å². The van der Waals surface area contributed by atoms with E-state index in [9.17, 15) is 9.90 Å². The van der Waals surface area contributed by atoms with Crippen LogP contribution in [0.4, 0.5) is 0 Å². The molecule has 0 amide bonds. The van der Waals surface area contributed by atoms with Crippen LogP contribution in [0.2, 0.25) is 0 Å². The molecular weight excluding hydrogens is 326 g/mol. The number of benzene rings is 1. The third-order valence-electron chi connectivity index (χ3n) is 6.03. The average Bonchev–Trinajstić information content (AvgIpc) is 3.33. The molecule has 26 heavy (non-hydrogen) atoms. The van der Waals surface area contributed by atoms with Gasteiger partial charge in [-0.25, -0.2) is 0 Å². The number of hydrogen-bond acceptors (Lipinski definition) is 4. The molecule has 2 atom stereocenters. The van der Waals surface area contributed by atoms with Gasteiger partial charge in [-0.3, -0.25) is 10.1 Å². The average molecular weight is 360 g/mol. The Kier molecular flexibility index (Phi) is 6.71. The van der Waals surface area contributed by atoms with Crippen LogP contribution in [-0.4, -0.2) is 23.8 Å². The van der Waals surface area contributed by atoms with Gasteiger partial charge in [0.05, 0.1) is 0 Å². The SMILES string of the molecule is CC(C)NC(OC=O)C(O)c1ccc(C2CCCC2)c(C2CCCC2)c1. The fourth-order valence-corrected chi connectivity index (χ4v) is 4.74. The first-order valence-corrected chi connectivity index (χ1v) is 10.3. The van der Waals surface area contributed by atoms with Crippen molar-refractivity contribution in [2.45, 2.75) is 95.4 Å². The summed E-state index contributed by atoms with van der Waals surface area (Å²) in [5.41, 5.74) is 3.77. The van der Waals surface area contributed by atoms with Gasteiger partial charge in [0.15, 0.2) is 6.23 Å². The summed E-state index contributed by atoms with van der Waals surface area (Å²) in [6.07, 6.45) is 8.73. The summed E-state index contributed by atoms with van der Waals surface area (Å²) in [7, 11) is 0. The summed E-state index contributed by atoms with van der Waals surface area (Å²) >= 11 is 0. The molecule has 1 aromatic carbocycles. The van der Waals surface area contributed by atoms with Crippen LogP contribution in [-0.2, 0) is 9.53 Å². The molecule has 2 unspecified atom stereocenters. The van der Waals surface area contributed by atoms with Gasteiger partial charge in [0.1, 0.15) is 6.10 Å². The van der Waals surface area contributed by atoms with E-state index in [2.05, 4.69) is 17.4 Å². The first-order valence-electron chi connectivity index (χ1n) is 10.3. The van der Waals surface area contributed by atoms with Gasteiger partial charge in [-0.1, -0.05) is 43.9 Å². The number of carbonyl (C=O) groups is 1. The van der Waals surface area contributed by atoms with E-state index in [1.54, 1.807) is 0 Å². The van der Waals surface area contributed by atoms with Crippen LogP contribution in [0.3, 0.4) is 0 Å². The molecule has 0 bridgehead atoms. The van der Waals surface area contributed by atoms with Gasteiger partial charge in [-0.2, -0.15) is 0 Å². The Hall–Kier alpha value is -1.39. The van der Waals surface area contributed by atoms with Gasteiger partial charge in [-0.05, 0) is 68.1 Å². The summed E-state index contributed by atoms with van der Waals surface area (Å²) in [6.45, 7) is 4.36. The number of aliphatic hydroxyl groups excluding tert-OH is 1. The van der Waals surface area contributed by atoms with Crippen LogP contribution in [0.1, 0.15) is 99.8 Å². The van der Waals surface area contributed by atoms with E-state index in [0.29, 0.717) is 18.3 Å². The van der Waals surface area contributed by atoms with Crippen molar-refractivity contribution in [3.05, 3.63) is 34.9 Å². The molecular formula is C22H33NO3. The fraction of sp³-hybridized carbons (Fsp3) is 0.682. The van der Waals surface area contributed by atoms with Crippen molar-refractivity contribution >= 4 is 6.47 Å². The minimum atomic E-state index is -0.861. The van der Waals surface area contributed by atoms with Crippen molar-refractivity contribution in [3.8, 4) is 0 Å². The molecule has 144 valence electrons. The zero-order valence-corrected chi connectivity index (χ0v) is 16.1. The lowest BCUT2D eigenvalue weighted by atomic mass is 9.84. The molecule has 2 aliphatic carbocycles. The highest BCUT2D eigenvalue weighted by molar-refractivity contribution is 5.40. The molecule has 2 fully saturated rings. The van der Waals surface area contributed by atoms with Crippen LogP contribution >= 0.6 is 0 Å². The van der Waals surface area contributed by atoms with Gasteiger partial charge >= 0.3 is 0 Å². The number of carbonyl (C=O) groups excluding carboxylic acids is 1. The summed E-state index contributed by atoms with van der Waals surface area (Å²) in [5.74, 6) is 1.29. The number of hydrogen-bond donors (Lipinski definition) is 2. The van der Waals surface area contributed by atoms with Crippen molar-refractivity contribution in [2.24, 2.45) is 0 Å². The quantitative estimate of drug-likeness (QED) is 0.529. The first kappa shape index (κ1) is 19.4. The van der Waals surface area contributed by atoms with Crippen molar-refractivity contribution in [3.63, 3.8) is 0 Å². The minimum absolute atomic E-state index is 0.113. The Balaban J connectivity index is 1.89. The van der Waals surface area contributed by atoms with E-state index in [4.69, 9.17) is 4.74 Å². The molecule has 0 heterocycles. The van der Waals surface area contributed by atoms with E-state index in [1.165, 1.54) is 62.5 Å². The van der Waals surface area contributed by atoms with Gasteiger partial charge in [0.25, 0.3) is 6.47 Å². The lowest BCUT2D eigenvalue weighted by Crippen LogP contribution is -2.41. The molecule has 0 aliphatic heterocycles. The lowest BCUT2D eigenvalue weighted by Gasteiger charge is -2.27. The van der Waals surface area contributed by atoms with Crippen LogP contribution < -0.4 is 5.32 Å². The highest BCUT2D eigenvalue weighted by Gasteiger charge is 2.28. The maximum absolute atomic E-state index is 10.9. The second-order valence-electron chi connectivity index (χ2n) is 8.27. The third-order valence-corrected chi connectivity index (χ3v) is 6.03. The van der Waals surface area contributed by atoms with E-state index in [1.807, 2.05) is 19.9 Å². The smallest absolute Gasteiger partial charge is 0.294 e. The summed E-state index contributed by atoms with van der Waals surface area (Å²) in [5, 5.41) is 14.0. The molecule has 4 nitrogen and oxygen atoms in total. The maximum atomic E-state index is 10.9. The van der Waals surface area contributed by atoms with E-state index in [0.717, 1.165) is 5.56 Å². The van der Waals surface area contributed by atoms with Crippen LogP contribution in [0, 0.1) is 0 Å². The van der Waals surface area contributed by atoms with E-state index >= 15 is 0 Å². The zero-order valence-electron chi connectivity index (χ0n) is 16.1. The van der Waals surface area contributed by atoms with Crippen LogP contribution in [0.15, 0.2) is 18.2 Å². The largest absolute Gasteiger partial charge is 0.446 e. The van der Waals surface area contributed by atoms with Gasteiger partial charge < -0.3 is 9.84 Å². The summed E-state index contributed by atoms with van der Waals surface area (Å²) in [6, 6.07) is 6.56. The highest BCUT2D eigenvalue weighted by Crippen LogP contribution is 2.43. The van der Waals surface area contributed by atoms with Gasteiger partial charge in [0.2, 0.25) is 0 Å². The normalized spacial score (nSPS) is 21.2. The predicted molar refractivity (Wildman–Crippen MR) is 103 cm³/mol. The highest BCUT2D eigenvalue weighted by atomic mass is 16.5. The van der Waals surface area contributed by atoms with Crippen molar-refractivity contribution in [1.29, 1.82) is 0 Å². The molecule has 0 aromatic heterocycles. The van der Waals surface area contributed by atoms with E-state index in [-0.39, 0.29) is 6.04 Å². The molecule has 3 rings (SSSR count). The Morgan fingerprint density at radius 2 is 1.62 bits per heavy atom. The number of rotatable bonds is 8. The first-order chi connectivity index (χ1) is 12.6. The van der Waals surface area contributed by atoms with Gasteiger partial charge in [-0.15, -0.1) is 0 Å². The predicted octanol–water partition coefficient (Wildman–Crippen LogP) is 4.53. The van der Waals surface area contributed by atoms with Crippen molar-refractivity contribution in [2.75, 3.05) is 0 Å². The Morgan fingerprint density at radius 3 is 2.15 bits per heavy atom. The molecule has 0 saturated heterocycles. The van der Waals surface area contributed by atoms with E-state index < -0.39 is 12.3 Å². The molecule has 2 saturated carbocycles. The Labute approximate surface area is 157 Å². The minimum Gasteiger partial charge on any atom is -0.446 e. The molecule has 1 aromatic rings. The van der Waals surface area contributed by atoms with Crippen molar-refractivity contribution < 1.29 is 14.6 Å². The number of ether oxygens (including phenoxy) is 1. The second-order valence-corrected chi connectivity index (χ2v) is 8.27. The maximum Gasteiger partial charge on any atom is 0.294 e. The Morgan fingerprint density at radius 1 is 1.04 bits per heavy atom. The summed E-state index contributed by atoms with van der Waals surface area (Å²) < 4.78 is 5.12. The molecule has 0 radical (unpaired) electrons. The number of nitrogens with one attached hydrogen (secondary N) is 1. The zero-order chi connectivity index (χ0) is 18.5. The molecule has 0 spiro atoms. The summed E-state index contributed by atoms with van der Waals surface area (Å²) in [4.78, 5) is 10.9.